The van der Waals surface area contributed by atoms with Gasteiger partial charge in [-0.1, -0.05) is 26.2 Å². The molecule has 0 aliphatic heterocycles. The van der Waals surface area contributed by atoms with Crippen LogP contribution in [-0.2, 0) is 0 Å². The van der Waals surface area contributed by atoms with Crippen molar-refractivity contribution in [3.05, 3.63) is 0 Å². The van der Waals surface area contributed by atoms with Crippen molar-refractivity contribution in [1.82, 2.24) is 4.90 Å². The van der Waals surface area contributed by atoms with Crippen molar-refractivity contribution in [3.63, 3.8) is 0 Å². The Hall–Kier alpha value is -0.570. The predicted octanol–water partition coefficient (Wildman–Crippen LogP) is 2.60. The van der Waals surface area contributed by atoms with Gasteiger partial charge in [-0.2, -0.15) is 0 Å². The Morgan fingerprint density at radius 1 is 1.38 bits per heavy atom. The summed E-state index contributed by atoms with van der Waals surface area (Å²) >= 11 is 0. The molecule has 0 aromatic heterocycles. The summed E-state index contributed by atoms with van der Waals surface area (Å²) in [6.45, 7) is 3.37. The fourth-order valence-electron chi connectivity index (χ4n) is 2.79. The van der Waals surface area contributed by atoms with Crippen molar-refractivity contribution < 1.29 is 0 Å². The third kappa shape index (κ3) is 4.52. The van der Waals surface area contributed by atoms with Gasteiger partial charge in [-0.15, -0.1) is 0 Å². The predicted molar refractivity (Wildman–Crippen MR) is 69.8 cm³/mol. The molecule has 0 aromatic rings. The third-order valence-corrected chi connectivity index (χ3v) is 3.82. The highest BCUT2D eigenvalue weighted by atomic mass is 15.1. The molecule has 1 saturated carbocycles. The van der Waals surface area contributed by atoms with Gasteiger partial charge in [-0.25, -0.2) is 0 Å². The van der Waals surface area contributed by atoms with Crippen LogP contribution in [0.3, 0.4) is 0 Å². The minimum Gasteiger partial charge on any atom is -0.388 e. The van der Waals surface area contributed by atoms with E-state index in [2.05, 4.69) is 18.9 Å². The van der Waals surface area contributed by atoms with Gasteiger partial charge < -0.3 is 10.6 Å². The number of amidine groups is 1. The molecular formula is C13H27N3. The van der Waals surface area contributed by atoms with Gasteiger partial charge in [0.1, 0.15) is 0 Å². The molecule has 1 rings (SSSR count). The zero-order chi connectivity index (χ0) is 12.0. The average molecular weight is 225 g/mol. The summed E-state index contributed by atoms with van der Waals surface area (Å²) in [5.74, 6) is 1.20. The molecule has 94 valence electrons. The van der Waals surface area contributed by atoms with Crippen LogP contribution in [0.2, 0.25) is 0 Å². The van der Waals surface area contributed by atoms with Crippen molar-refractivity contribution >= 4 is 5.84 Å². The van der Waals surface area contributed by atoms with Crippen molar-refractivity contribution in [2.45, 2.75) is 57.9 Å². The lowest BCUT2D eigenvalue weighted by molar-refractivity contribution is 0.181. The highest BCUT2D eigenvalue weighted by molar-refractivity contribution is 5.77. The van der Waals surface area contributed by atoms with E-state index >= 15 is 0 Å². The first kappa shape index (κ1) is 13.5. The van der Waals surface area contributed by atoms with Gasteiger partial charge in [0.2, 0.25) is 0 Å². The van der Waals surface area contributed by atoms with Crippen molar-refractivity contribution in [3.8, 4) is 0 Å². The van der Waals surface area contributed by atoms with E-state index in [0.29, 0.717) is 11.9 Å². The average Bonchev–Trinajstić information content (AvgIpc) is 2.26. The van der Waals surface area contributed by atoms with Crippen LogP contribution in [0.4, 0.5) is 0 Å². The SMILES string of the molecule is CCC(CC(=N)N)N(C)CC1CCCCC1. The number of rotatable bonds is 6. The maximum atomic E-state index is 7.39. The second kappa shape index (κ2) is 6.89. The second-order valence-corrected chi connectivity index (χ2v) is 5.24. The summed E-state index contributed by atoms with van der Waals surface area (Å²) in [6, 6.07) is 0.458. The molecule has 0 radical (unpaired) electrons. The Bertz CT molecular complexity index is 209. The summed E-state index contributed by atoms with van der Waals surface area (Å²) in [5.41, 5.74) is 5.50. The van der Waals surface area contributed by atoms with E-state index in [9.17, 15) is 0 Å². The summed E-state index contributed by atoms with van der Waals surface area (Å²) in [6.07, 6.45) is 8.82. The molecule has 0 saturated heterocycles. The van der Waals surface area contributed by atoms with E-state index in [4.69, 9.17) is 11.1 Å². The number of hydrogen-bond donors (Lipinski definition) is 2. The quantitative estimate of drug-likeness (QED) is 0.539. The monoisotopic (exact) mass is 225 g/mol. The number of nitrogens with two attached hydrogens (primary N) is 1. The fraction of sp³-hybridized carbons (Fsp3) is 0.923. The first-order valence-electron chi connectivity index (χ1n) is 6.66. The second-order valence-electron chi connectivity index (χ2n) is 5.24. The first-order valence-corrected chi connectivity index (χ1v) is 6.66. The maximum absolute atomic E-state index is 7.39. The number of hydrogen-bond acceptors (Lipinski definition) is 2. The van der Waals surface area contributed by atoms with Crippen LogP contribution >= 0.6 is 0 Å². The van der Waals surface area contributed by atoms with Gasteiger partial charge in [-0.05, 0) is 32.2 Å². The normalized spacial score (nSPS) is 19.9. The summed E-state index contributed by atoms with van der Waals surface area (Å²) in [4.78, 5) is 2.41. The smallest absolute Gasteiger partial charge is 0.0921 e. The Morgan fingerprint density at radius 2 is 2.00 bits per heavy atom. The Morgan fingerprint density at radius 3 is 2.50 bits per heavy atom. The van der Waals surface area contributed by atoms with Crippen LogP contribution in [0.15, 0.2) is 0 Å². The zero-order valence-electron chi connectivity index (χ0n) is 10.8. The molecule has 3 heteroatoms. The van der Waals surface area contributed by atoms with Crippen molar-refractivity contribution in [2.24, 2.45) is 11.7 Å². The molecule has 0 aromatic carbocycles. The van der Waals surface area contributed by atoms with Crippen LogP contribution in [0.25, 0.3) is 0 Å². The molecular weight excluding hydrogens is 198 g/mol. The number of nitrogens with one attached hydrogen (secondary N) is 1. The van der Waals surface area contributed by atoms with E-state index < -0.39 is 0 Å². The van der Waals surface area contributed by atoms with E-state index in [1.54, 1.807) is 0 Å². The van der Waals surface area contributed by atoms with Crippen LogP contribution in [0, 0.1) is 11.3 Å². The Kier molecular flexibility index (Phi) is 5.81. The molecule has 0 heterocycles. The Labute approximate surface area is 99.9 Å². The zero-order valence-corrected chi connectivity index (χ0v) is 10.8. The Balaban J connectivity index is 2.35. The van der Waals surface area contributed by atoms with Crippen molar-refractivity contribution in [1.29, 1.82) is 5.41 Å². The number of nitrogens with zero attached hydrogens (tertiary/aromatic N) is 1. The van der Waals surface area contributed by atoms with Crippen LogP contribution in [0.5, 0.6) is 0 Å². The lowest BCUT2D eigenvalue weighted by Gasteiger charge is -2.32. The van der Waals surface area contributed by atoms with E-state index in [0.717, 1.165) is 18.8 Å². The summed E-state index contributed by atoms with van der Waals surface area (Å²) < 4.78 is 0. The van der Waals surface area contributed by atoms with Crippen molar-refractivity contribution in [2.75, 3.05) is 13.6 Å². The minimum atomic E-state index is 0.322. The van der Waals surface area contributed by atoms with Gasteiger partial charge in [0.05, 0.1) is 5.84 Å². The fourth-order valence-corrected chi connectivity index (χ4v) is 2.79. The lowest BCUT2D eigenvalue weighted by Crippen LogP contribution is -2.38. The molecule has 0 spiro atoms. The molecule has 1 aliphatic rings. The van der Waals surface area contributed by atoms with Crippen LogP contribution in [0.1, 0.15) is 51.9 Å². The molecule has 3 N–H and O–H groups in total. The third-order valence-electron chi connectivity index (χ3n) is 3.82. The molecule has 0 bridgehead atoms. The highest BCUT2D eigenvalue weighted by Crippen LogP contribution is 2.25. The highest BCUT2D eigenvalue weighted by Gasteiger charge is 2.19. The van der Waals surface area contributed by atoms with Crippen LogP contribution < -0.4 is 5.73 Å². The molecule has 1 aliphatic carbocycles. The van der Waals surface area contributed by atoms with Gasteiger partial charge in [0.15, 0.2) is 0 Å². The first-order chi connectivity index (χ1) is 7.63. The summed E-state index contributed by atoms with van der Waals surface area (Å²) in [5, 5.41) is 7.39. The molecule has 16 heavy (non-hydrogen) atoms. The van der Waals surface area contributed by atoms with E-state index in [-0.39, 0.29) is 0 Å². The van der Waals surface area contributed by atoms with Crippen LogP contribution in [-0.4, -0.2) is 30.4 Å². The maximum Gasteiger partial charge on any atom is 0.0921 e. The van der Waals surface area contributed by atoms with Gasteiger partial charge in [0, 0.05) is 19.0 Å². The molecule has 3 nitrogen and oxygen atoms in total. The molecule has 1 unspecified atom stereocenters. The molecule has 1 fully saturated rings. The van der Waals surface area contributed by atoms with Gasteiger partial charge in [0.25, 0.3) is 0 Å². The molecule has 0 amide bonds. The topological polar surface area (TPSA) is 53.1 Å². The standard InChI is InChI=1S/C13H27N3/c1-3-12(9-13(14)15)16(2)10-11-7-5-4-6-8-11/h11-12H,3-10H2,1-2H3,(H3,14,15). The summed E-state index contributed by atoms with van der Waals surface area (Å²) in [7, 11) is 2.19. The lowest BCUT2D eigenvalue weighted by atomic mass is 9.88. The largest absolute Gasteiger partial charge is 0.388 e. The van der Waals surface area contributed by atoms with E-state index in [1.165, 1.54) is 38.6 Å². The minimum absolute atomic E-state index is 0.322. The molecule has 1 atom stereocenters. The van der Waals surface area contributed by atoms with Gasteiger partial charge >= 0.3 is 0 Å². The van der Waals surface area contributed by atoms with Gasteiger partial charge in [-0.3, -0.25) is 5.41 Å². The van der Waals surface area contributed by atoms with E-state index in [1.807, 2.05) is 0 Å².